The van der Waals surface area contributed by atoms with Crippen LogP contribution in [0.3, 0.4) is 0 Å². The fraction of sp³-hybridized carbons (Fsp3) is 0.588. The smallest absolute Gasteiger partial charge is 0.224 e. The van der Waals surface area contributed by atoms with E-state index in [4.69, 9.17) is 0 Å². The van der Waals surface area contributed by atoms with Crippen molar-refractivity contribution in [2.24, 2.45) is 0 Å². The molecule has 0 atom stereocenters. The molecule has 3 nitrogen and oxygen atoms in total. The summed E-state index contributed by atoms with van der Waals surface area (Å²) in [5.74, 6) is 0.262. The molecular formula is C17H26N2O. The zero-order valence-corrected chi connectivity index (χ0v) is 12.9. The van der Waals surface area contributed by atoms with Gasteiger partial charge in [0.2, 0.25) is 5.91 Å². The monoisotopic (exact) mass is 274 g/mol. The number of nitrogens with one attached hydrogen (secondary N) is 1. The number of aryl methyl sites for hydroxylation is 1. The van der Waals surface area contributed by atoms with Gasteiger partial charge in [-0.1, -0.05) is 24.3 Å². The second kappa shape index (κ2) is 6.40. The summed E-state index contributed by atoms with van der Waals surface area (Å²) >= 11 is 0. The minimum absolute atomic E-state index is 0.0751. The molecule has 0 spiro atoms. The summed E-state index contributed by atoms with van der Waals surface area (Å²) in [6, 6.07) is 8.48. The number of hydrogen-bond donors (Lipinski definition) is 1. The van der Waals surface area contributed by atoms with Crippen LogP contribution < -0.4 is 5.32 Å². The zero-order chi connectivity index (χ0) is 14.6. The number of fused-ring (bicyclic) bond motifs is 1. The molecule has 0 aromatic heterocycles. The summed E-state index contributed by atoms with van der Waals surface area (Å²) in [6.07, 6.45) is 2.73. The van der Waals surface area contributed by atoms with Crippen LogP contribution in [0.25, 0.3) is 0 Å². The van der Waals surface area contributed by atoms with Crippen LogP contribution in [0.2, 0.25) is 0 Å². The highest BCUT2D eigenvalue weighted by molar-refractivity contribution is 5.76. The normalized spacial score (nSPS) is 15.7. The lowest BCUT2D eigenvalue weighted by molar-refractivity contribution is -0.131. The van der Waals surface area contributed by atoms with Gasteiger partial charge in [-0.15, -0.1) is 0 Å². The standard InChI is InChI=1S/C17H26N2O/c1-17(2,3)18-11-10-16(20)19-12-6-9-14-7-4-5-8-15(14)13-19/h4-5,7-8,18H,6,9-13H2,1-3H3. The first-order chi connectivity index (χ1) is 9.46. The highest BCUT2D eigenvalue weighted by Crippen LogP contribution is 2.18. The van der Waals surface area contributed by atoms with Crippen LogP contribution in [0.5, 0.6) is 0 Å². The number of rotatable bonds is 3. The van der Waals surface area contributed by atoms with Crippen molar-refractivity contribution in [3.05, 3.63) is 35.4 Å². The quantitative estimate of drug-likeness (QED) is 0.919. The van der Waals surface area contributed by atoms with Crippen LogP contribution in [-0.4, -0.2) is 29.4 Å². The first kappa shape index (κ1) is 15.0. The third-order valence-electron chi connectivity index (χ3n) is 3.70. The molecule has 110 valence electrons. The average Bonchev–Trinajstić information content (AvgIpc) is 2.59. The van der Waals surface area contributed by atoms with Gasteiger partial charge in [0.25, 0.3) is 0 Å². The van der Waals surface area contributed by atoms with Gasteiger partial charge in [0.1, 0.15) is 0 Å². The molecule has 0 unspecified atom stereocenters. The molecule has 20 heavy (non-hydrogen) atoms. The van der Waals surface area contributed by atoms with Gasteiger partial charge in [-0.25, -0.2) is 0 Å². The maximum absolute atomic E-state index is 12.3. The Bertz CT molecular complexity index is 462. The van der Waals surface area contributed by atoms with Crippen LogP contribution in [0, 0.1) is 0 Å². The second-order valence-electron chi connectivity index (χ2n) is 6.61. The fourth-order valence-corrected chi connectivity index (χ4v) is 2.62. The molecule has 1 amide bonds. The molecule has 1 heterocycles. The summed E-state index contributed by atoms with van der Waals surface area (Å²) in [4.78, 5) is 14.3. The van der Waals surface area contributed by atoms with E-state index in [1.165, 1.54) is 11.1 Å². The van der Waals surface area contributed by atoms with E-state index >= 15 is 0 Å². The molecular weight excluding hydrogens is 248 g/mol. The van der Waals surface area contributed by atoms with Crippen molar-refractivity contribution >= 4 is 5.91 Å². The van der Waals surface area contributed by atoms with Crippen molar-refractivity contribution in [3.63, 3.8) is 0 Å². The van der Waals surface area contributed by atoms with E-state index in [0.717, 1.165) is 32.5 Å². The van der Waals surface area contributed by atoms with Gasteiger partial charge in [-0.2, -0.15) is 0 Å². The van der Waals surface area contributed by atoms with Crippen LogP contribution in [0.1, 0.15) is 44.7 Å². The topological polar surface area (TPSA) is 32.3 Å². The van der Waals surface area contributed by atoms with Crippen LogP contribution in [0.15, 0.2) is 24.3 Å². The van der Waals surface area contributed by atoms with Gasteiger partial charge in [0.05, 0.1) is 0 Å². The molecule has 1 aliphatic rings. The summed E-state index contributed by atoms with van der Waals surface area (Å²) in [5.41, 5.74) is 2.78. The van der Waals surface area contributed by atoms with E-state index in [2.05, 4.69) is 50.4 Å². The Hall–Kier alpha value is -1.35. The number of hydrogen-bond acceptors (Lipinski definition) is 2. The molecule has 0 aliphatic carbocycles. The third kappa shape index (κ3) is 4.34. The first-order valence-electron chi connectivity index (χ1n) is 7.55. The molecule has 1 aromatic carbocycles. The van der Waals surface area contributed by atoms with Gasteiger partial charge in [-0.05, 0) is 44.7 Å². The van der Waals surface area contributed by atoms with Crippen molar-refractivity contribution in [1.29, 1.82) is 0 Å². The summed E-state index contributed by atoms with van der Waals surface area (Å²) < 4.78 is 0. The summed E-state index contributed by atoms with van der Waals surface area (Å²) in [6.45, 7) is 8.77. The second-order valence-corrected chi connectivity index (χ2v) is 6.61. The molecule has 1 N–H and O–H groups in total. The number of carbonyl (C=O) groups is 1. The van der Waals surface area contributed by atoms with E-state index in [1.54, 1.807) is 0 Å². The van der Waals surface area contributed by atoms with Crippen molar-refractivity contribution in [2.75, 3.05) is 13.1 Å². The van der Waals surface area contributed by atoms with Crippen molar-refractivity contribution < 1.29 is 4.79 Å². The van der Waals surface area contributed by atoms with E-state index in [1.807, 2.05) is 4.90 Å². The molecule has 0 saturated carbocycles. The predicted molar refractivity (Wildman–Crippen MR) is 82.6 cm³/mol. The molecule has 0 saturated heterocycles. The van der Waals surface area contributed by atoms with E-state index in [-0.39, 0.29) is 11.4 Å². The number of nitrogens with zero attached hydrogens (tertiary/aromatic N) is 1. The molecule has 0 radical (unpaired) electrons. The Balaban J connectivity index is 1.91. The molecule has 0 bridgehead atoms. The maximum atomic E-state index is 12.3. The van der Waals surface area contributed by atoms with E-state index in [0.29, 0.717) is 6.42 Å². The molecule has 2 rings (SSSR count). The molecule has 3 heteroatoms. The predicted octanol–water partition coefficient (Wildman–Crippen LogP) is 2.74. The highest BCUT2D eigenvalue weighted by atomic mass is 16.2. The fourth-order valence-electron chi connectivity index (χ4n) is 2.62. The van der Waals surface area contributed by atoms with Gasteiger partial charge < -0.3 is 10.2 Å². The number of amides is 1. The Morgan fingerprint density at radius 3 is 2.65 bits per heavy atom. The van der Waals surface area contributed by atoms with Gasteiger partial charge >= 0.3 is 0 Å². The Labute approximate surface area is 122 Å². The van der Waals surface area contributed by atoms with Gasteiger partial charge in [0, 0.05) is 31.6 Å². The maximum Gasteiger partial charge on any atom is 0.224 e. The van der Waals surface area contributed by atoms with Gasteiger partial charge in [0.15, 0.2) is 0 Å². The summed E-state index contributed by atoms with van der Waals surface area (Å²) in [7, 11) is 0. The Kier molecular flexibility index (Phi) is 4.81. The van der Waals surface area contributed by atoms with E-state index < -0.39 is 0 Å². The Morgan fingerprint density at radius 2 is 1.95 bits per heavy atom. The van der Waals surface area contributed by atoms with Crippen LogP contribution >= 0.6 is 0 Å². The summed E-state index contributed by atoms with van der Waals surface area (Å²) in [5, 5.41) is 3.38. The van der Waals surface area contributed by atoms with Crippen LogP contribution in [0.4, 0.5) is 0 Å². The van der Waals surface area contributed by atoms with Crippen molar-refractivity contribution in [1.82, 2.24) is 10.2 Å². The van der Waals surface area contributed by atoms with Gasteiger partial charge in [-0.3, -0.25) is 4.79 Å². The minimum Gasteiger partial charge on any atom is -0.338 e. The SMILES string of the molecule is CC(C)(C)NCCC(=O)N1CCCc2ccccc2C1. The number of benzene rings is 1. The largest absolute Gasteiger partial charge is 0.338 e. The molecule has 1 aromatic rings. The third-order valence-corrected chi connectivity index (χ3v) is 3.70. The minimum atomic E-state index is 0.0751. The molecule has 1 aliphatic heterocycles. The number of carbonyl (C=O) groups excluding carboxylic acids is 1. The van der Waals surface area contributed by atoms with E-state index in [9.17, 15) is 4.79 Å². The average molecular weight is 274 g/mol. The first-order valence-corrected chi connectivity index (χ1v) is 7.55. The van der Waals surface area contributed by atoms with Crippen LogP contribution in [-0.2, 0) is 17.8 Å². The lowest BCUT2D eigenvalue weighted by Crippen LogP contribution is -2.39. The Morgan fingerprint density at radius 1 is 1.25 bits per heavy atom. The van der Waals surface area contributed by atoms with Crippen molar-refractivity contribution in [2.45, 2.75) is 52.1 Å². The lowest BCUT2D eigenvalue weighted by Gasteiger charge is -2.24. The lowest BCUT2D eigenvalue weighted by atomic mass is 10.0. The van der Waals surface area contributed by atoms with Crippen molar-refractivity contribution in [3.8, 4) is 0 Å². The molecule has 0 fully saturated rings. The zero-order valence-electron chi connectivity index (χ0n) is 12.9. The highest BCUT2D eigenvalue weighted by Gasteiger charge is 2.19.